The Morgan fingerprint density at radius 1 is 1.18 bits per heavy atom. The van der Waals surface area contributed by atoms with Crippen LogP contribution in [0.4, 0.5) is 13.2 Å². The minimum atomic E-state index is -2.77. The molecule has 2 aromatic carbocycles. The molecule has 2 aromatic heterocycles. The number of fused-ring (bicyclic) bond motifs is 2. The fraction of sp³-hybridized carbons (Fsp3) is 0.500. The number of ether oxygens (including phenoxy) is 1. The van der Waals surface area contributed by atoms with Crippen molar-refractivity contribution in [3.8, 4) is 11.1 Å². The topological polar surface area (TPSA) is 85.4 Å². The Morgan fingerprint density at radius 3 is 2.62 bits per heavy atom. The zero-order valence-corrected chi connectivity index (χ0v) is 25.8. The molecule has 1 N–H and O–H groups in total. The van der Waals surface area contributed by atoms with Crippen molar-refractivity contribution in [2.45, 2.75) is 71.1 Å². The molecular formula is C34H40F3N5O3. The van der Waals surface area contributed by atoms with Crippen LogP contribution in [0.1, 0.15) is 66.7 Å². The second-order valence-electron chi connectivity index (χ2n) is 12.2. The zero-order valence-electron chi connectivity index (χ0n) is 25.8. The predicted molar refractivity (Wildman–Crippen MR) is 165 cm³/mol. The summed E-state index contributed by atoms with van der Waals surface area (Å²) in [7, 11) is 0. The zero-order chi connectivity index (χ0) is 31.7. The molecule has 2 atom stereocenters. The molecule has 0 bridgehead atoms. The quantitative estimate of drug-likeness (QED) is 0.212. The molecule has 1 unspecified atom stereocenters. The number of hydrogen-bond acceptors (Lipinski definition) is 6. The first-order valence-electron chi connectivity index (χ1n) is 15.8. The number of nitrogens with zero attached hydrogens (tertiary/aromatic N) is 5. The molecular weight excluding hydrogens is 583 g/mol. The number of aliphatic hydroxyl groups is 1. The Hall–Kier alpha value is -3.70. The van der Waals surface area contributed by atoms with Crippen LogP contribution in [0.5, 0.6) is 0 Å². The van der Waals surface area contributed by atoms with Gasteiger partial charge in [0.1, 0.15) is 6.17 Å². The minimum absolute atomic E-state index is 0.108. The van der Waals surface area contributed by atoms with Gasteiger partial charge in [-0.3, -0.25) is 4.68 Å². The standard InChI is InChI=1S/C34H40F3N5O3/c1-3-45-34(44)32(31-29-16-25(35)18-41(29)20-38-31)42-19-28-27(33(36)37)17-26(21(2)30(28)39-42)24-6-4-22(5-7-24)8-12-40-13-9-23(10-14-40)11-15-43/h4-7,17,19-20,23,25,32-33,43H,3,8-16,18H2,1-2H3/t25-,32?/m1/s1. The molecule has 1 saturated heterocycles. The Balaban J connectivity index is 1.29. The maximum Gasteiger partial charge on any atom is 0.337 e. The summed E-state index contributed by atoms with van der Waals surface area (Å²) in [6.07, 6.45) is 3.22. The van der Waals surface area contributed by atoms with Gasteiger partial charge in [-0.25, -0.2) is 22.9 Å². The van der Waals surface area contributed by atoms with Crippen LogP contribution >= 0.6 is 0 Å². The molecule has 11 heteroatoms. The molecule has 2 aliphatic rings. The summed E-state index contributed by atoms with van der Waals surface area (Å²) in [4.78, 5) is 20.1. The third kappa shape index (κ3) is 6.37. The second-order valence-corrected chi connectivity index (χ2v) is 12.2. The maximum atomic E-state index is 14.5. The van der Waals surface area contributed by atoms with E-state index in [0.717, 1.165) is 50.9 Å². The second kappa shape index (κ2) is 13.3. The Morgan fingerprint density at radius 2 is 1.93 bits per heavy atom. The van der Waals surface area contributed by atoms with Gasteiger partial charge in [-0.1, -0.05) is 24.3 Å². The van der Waals surface area contributed by atoms with E-state index >= 15 is 0 Å². The van der Waals surface area contributed by atoms with Gasteiger partial charge in [-0.15, -0.1) is 0 Å². The predicted octanol–water partition coefficient (Wildman–Crippen LogP) is 5.83. The van der Waals surface area contributed by atoms with Gasteiger partial charge in [0.05, 0.1) is 30.7 Å². The Kier molecular flexibility index (Phi) is 9.28. The molecule has 0 amide bonds. The van der Waals surface area contributed by atoms with Crippen molar-refractivity contribution < 1.29 is 27.8 Å². The lowest BCUT2D eigenvalue weighted by molar-refractivity contribution is -0.146. The summed E-state index contributed by atoms with van der Waals surface area (Å²) in [6, 6.07) is 8.41. The number of imidazole rings is 1. The SMILES string of the molecule is CCOC(=O)C(c1ncn2c1C[C@@H](F)C2)n1cc2c(C(F)F)cc(-c3ccc(CCN4CCC(CCO)CC4)cc3)c(C)c2n1. The monoisotopic (exact) mass is 623 g/mol. The molecule has 2 aliphatic heterocycles. The molecule has 8 nitrogen and oxygen atoms in total. The first-order valence-corrected chi connectivity index (χ1v) is 15.8. The number of alkyl halides is 3. The van der Waals surface area contributed by atoms with E-state index in [1.165, 1.54) is 28.8 Å². The lowest BCUT2D eigenvalue weighted by atomic mass is 9.93. The smallest absolute Gasteiger partial charge is 0.337 e. The molecule has 0 saturated carbocycles. The summed E-state index contributed by atoms with van der Waals surface area (Å²) >= 11 is 0. The van der Waals surface area contributed by atoms with Crippen LogP contribution in [0.3, 0.4) is 0 Å². The highest BCUT2D eigenvalue weighted by molar-refractivity contribution is 5.92. The number of esters is 1. The number of likely N-dealkylation sites (tertiary alicyclic amines) is 1. The van der Waals surface area contributed by atoms with Crippen LogP contribution in [0.25, 0.3) is 22.0 Å². The first kappa shape index (κ1) is 31.3. The highest BCUT2D eigenvalue weighted by Gasteiger charge is 2.35. The first-order chi connectivity index (χ1) is 21.8. The normalized spacial score (nSPS) is 18.2. The van der Waals surface area contributed by atoms with Crippen molar-refractivity contribution in [2.75, 3.05) is 32.8 Å². The summed E-state index contributed by atoms with van der Waals surface area (Å²) in [5.74, 6) is -0.0157. The van der Waals surface area contributed by atoms with E-state index in [1.807, 2.05) is 31.2 Å². The third-order valence-electron chi connectivity index (χ3n) is 9.38. The average molecular weight is 624 g/mol. The van der Waals surface area contributed by atoms with Crippen LogP contribution in [0, 0.1) is 12.8 Å². The van der Waals surface area contributed by atoms with E-state index in [2.05, 4.69) is 15.0 Å². The van der Waals surface area contributed by atoms with E-state index in [1.54, 1.807) is 11.5 Å². The number of aliphatic hydroxyl groups excluding tert-OH is 1. The molecule has 4 heterocycles. The lowest BCUT2D eigenvalue weighted by Gasteiger charge is -2.31. The van der Waals surface area contributed by atoms with Gasteiger partial charge in [-0.2, -0.15) is 5.10 Å². The van der Waals surface area contributed by atoms with E-state index in [0.29, 0.717) is 33.9 Å². The fourth-order valence-electron chi connectivity index (χ4n) is 6.87. The molecule has 0 radical (unpaired) electrons. The van der Waals surface area contributed by atoms with Crippen LogP contribution in [0.15, 0.2) is 42.9 Å². The number of rotatable bonds is 11. The van der Waals surface area contributed by atoms with E-state index in [-0.39, 0.29) is 37.1 Å². The Labute approximate surface area is 260 Å². The number of piperidine rings is 1. The van der Waals surface area contributed by atoms with E-state index < -0.39 is 24.6 Å². The third-order valence-corrected chi connectivity index (χ3v) is 9.38. The van der Waals surface area contributed by atoms with Crippen LogP contribution in [0.2, 0.25) is 0 Å². The van der Waals surface area contributed by atoms with Crippen molar-refractivity contribution >= 4 is 16.9 Å². The molecule has 0 aliphatic carbocycles. The van der Waals surface area contributed by atoms with Crippen molar-refractivity contribution in [3.63, 3.8) is 0 Å². The molecule has 45 heavy (non-hydrogen) atoms. The number of carbonyl (C=O) groups excluding carboxylic acids is 1. The minimum Gasteiger partial charge on any atom is -0.464 e. The van der Waals surface area contributed by atoms with Gasteiger partial charge in [0.25, 0.3) is 6.43 Å². The van der Waals surface area contributed by atoms with Crippen molar-refractivity contribution in [2.24, 2.45) is 5.92 Å². The molecule has 4 aromatic rings. The summed E-state index contributed by atoms with van der Waals surface area (Å²) in [5, 5.41) is 14.1. The maximum absolute atomic E-state index is 14.5. The van der Waals surface area contributed by atoms with Crippen molar-refractivity contribution in [1.82, 2.24) is 24.2 Å². The van der Waals surface area contributed by atoms with Crippen molar-refractivity contribution in [1.29, 1.82) is 0 Å². The molecule has 1 fully saturated rings. The Bertz CT molecular complexity index is 1640. The molecule has 6 rings (SSSR count). The number of carbonyl (C=O) groups is 1. The summed E-state index contributed by atoms with van der Waals surface area (Å²) in [5.41, 5.74) is 4.44. The number of halogens is 3. The number of hydrogen-bond donors (Lipinski definition) is 1. The van der Waals surface area contributed by atoms with E-state index in [9.17, 15) is 23.1 Å². The number of aryl methyl sites for hydroxylation is 1. The molecule has 0 spiro atoms. The van der Waals surface area contributed by atoms with Gasteiger partial charge in [0, 0.05) is 42.4 Å². The van der Waals surface area contributed by atoms with Gasteiger partial charge < -0.3 is 19.3 Å². The van der Waals surface area contributed by atoms with Crippen LogP contribution in [-0.4, -0.2) is 74.3 Å². The lowest BCUT2D eigenvalue weighted by Crippen LogP contribution is -2.35. The average Bonchev–Trinajstić information content (AvgIpc) is 3.73. The molecule has 240 valence electrons. The van der Waals surface area contributed by atoms with Crippen LogP contribution < -0.4 is 0 Å². The van der Waals surface area contributed by atoms with Gasteiger partial charge in [0.2, 0.25) is 0 Å². The van der Waals surface area contributed by atoms with Gasteiger partial charge in [0.15, 0.2) is 6.04 Å². The summed E-state index contributed by atoms with van der Waals surface area (Å²) in [6.45, 7) is 7.10. The number of benzene rings is 2. The highest BCUT2D eigenvalue weighted by atomic mass is 19.3. The van der Waals surface area contributed by atoms with Gasteiger partial charge >= 0.3 is 5.97 Å². The van der Waals surface area contributed by atoms with Crippen molar-refractivity contribution in [3.05, 3.63) is 70.9 Å². The highest BCUT2D eigenvalue weighted by Crippen LogP contribution is 2.38. The largest absolute Gasteiger partial charge is 0.464 e. The van der Waals surface area contributed by atoms with Crippen LogP contribution in [-0.2, 0) is 28.9 Å². The number of aromatic nitrogens is 4. The fourth-order valence-corrected chi connectivity index (χ4v) is 6.87. The summed E-state index contributed by atoms with van der Waals surface area (Å²) < 4.78 is 51.6. The van der Waals surface area contributed by atoms with E-state index in [4.69, 9.17) is 4.74 Å². The van der Waals surface area contributed by atoms with Gasteiger partial charge in [-0.05, 0) is 86.9 Å².